The number of ether oxygens (including phenoxy) is 2. The van der Waals surface area contributed by atoms with Crippen LogP contribution in [0.1, 0.15) is 40.9 Å². The molecule has 0 bridgehead atoms. The zero-order chi connectivity index (χ0) is 25.9. The number of carbonyl (C=O) groups excluding carboxylic acids is 3. The van der Waals surface area contributed by atoms with Gasteiger partial charge in [0.25, 0.3) is 0 Å². The lowest BCUT2D eigenvalue weighted by molar-refractivity contribution is -0.128. The van der Waals surface area contributed by atoms with E-state index in [2.05, 4.69) is 0 Å². The summed E-state index contributed by atoms with van der Waals surface area (Å²) in [7, 11) is 0. The van der Waals surface area contributed by atoms with Crippen LogP contribution in [0.3, 0.4) is 0 Å². The van der Waals surface area contributed by atoms with Crippen molar-refractivity contribution in [2.75, 3.05) is 6.61 Å². The number of hydrogen-bond donors (Lipinski definition) is 0. The van der Waals surface area contributed by atoms with E-state index < -0.39 is 24.5 Å². The second-order valence-corrected chi connectivity index (χ2v) is 8.37. The topological polar surface area (TPSA) is 72.9 Å². The van der Waals surface area contributed by atoms with Gasteiger partial charge in [-0.15, -0.1) is 0 Å². The number of amides is 2. The van der Waals surface area contributed by atoms with E-state index in [1.54, 1.807) is 31.2 Å². The number of aryl methyl sites for hydroxylation is 2. The van der Waals surface area contributed by atoms with Crippen LogP contribution in [0.4, 0.5) is 4.79 Å². The highest BCUT2D eigenvalue weighted by Gasteiger charge is 2.37. The fourth-order valence-corrected chi connectivity index (χ4v) is 3.96. The summed E-state index contributed by atoms with van der Waals surface area (Å²) in [6, 6.07) is 20.5. The molecule has 0 N–H and O–H groups in total. The minimum atomic E-state index is -2.36. The van der Waals surface area contributed by atoms with Gasteiger partial charge in [0.1, 0.15) is 13.2 Å². The summed E-state index contributed by atoms with van der Waals surface area (Å²) in [5.74, 6) is -1.15. The summed E-state index contributed by atoms with van der Waals surface area (Å²) in [6.45, 7) is 1.45. The molecule has 1 fully saturated rings. The third kappa shape index (κ3) is 5.52. The van der Waals surface area contributed by atoms with Crippen molar-refractivity contribution in [1.29, 1.82) is 0 Å². The highest BCUT2D eigenvalue weighted by molar-refractivity contribution is 5.94. The van der Waals surface area contributed by atoms with E-state index in [0.717, 1.165) is 16.0 Å². The van der Waals surface area contributed by atoms with E-state index in [9.17, 15) is 14.4 Å². The third-order valence-electron chi connectivity index (χ3n) is 5.72. The molecule has 1 saturated heterocycles. The molecule has 2 amide bonds. The van der Waals surface area contributed by atoms with Crippen molar-refractivity contribution in [2.24, 2.45) is 0 Å². The molecule has 1 atom stereocenters. The Balaban J connectivity index is 1.41. The fourth-order valence-electron chi connectivity index (χ4n) is 3.96. The maximum Gasteiger partial charge on any atom is 0.416 e. The highest BCUT2D eigenvalue weighted by Crippen LogP contribution is 2.19. The lowest BCUT2D eigenvalue weighted by Crippen LogP contribution is -2.41. The van der Waals surface area contributed by atoms with Gasteiger partial charge in [-0.2, -0.15) is 0 Å². The van der Waals surface area contributed by atoms with Crippen molar-refractivity contribution >= 4 is 18.0 Å². The Morgan fingerprint density at radius 2 is 1.71 bits per heavy atom. The van der Waals surface area contributed by atoms with E-state index in [-0.39, 0.29) is 24.6 Å². The number of carbonyl (C=O) groups is 3. The Bertz CT molecular complexity index is 1270. The van der Waals surface area contributed by atoms with Crippen molar-refractivity contribution in [3.63, 3.8) is 0 Å². The van der Waals surface area contributed by atoms with Crippen LogP contribution in [0.5, 0.6) is 0 Å². The zero-order valence-electron chi connectivity index (χ0n) is 21.1. The highest BCUT2D eigenvalue weighted by atomic mass is 16.6. The van der Waals surface area contributed by atoms with Gasteiger partial charge in [-0.1, -0.05) is 72.3 Å². The molecule has 6 nitrogen and oxygen atoms in total. The van der Waals surface area contributed by atoms with E-state index in [1.807, 2.05) is 43.3 Å². The van der Waals surface area contributed by atoms with Crippen LogP contribution in [0.15, 0.2) is 72.8 Å². The van der Waals surface area contributed by atoms with E-state index in [4.69, 9.17) is 12.2 Å². The van der Waals surface area contributed by atoms with Gasteiger partial charge in [0.05, 0.1) is 20.8 Å². The molecular formula is C28H27NO5. The molecule has 0 radical (unpaired) electrons. The molecule has 1 heterocycles. The van der Waals surface area contributed by atoms with Gasteiger partial charge in [0.15, 0.2) is 0 Å². The Labute approximate surface area is 201 Å². The number of rotatable bonds is 7. The van der Waals surface area contributed by atoms with Crippen molar-refractivity contribution in [3.05, 3.63) is 106 Å². The number of esters is 1. The first kappa shape index (κ1) is 20.7. The van der Waals surface area contributed by atoms with Gasteiger partial charge in [0.2, 0.25) is 5.91 Å². The van der Waals surface area contributed by atoms with E-state index in [1.165, 1.54) is 12.1 Å². The Morgan fingerprint density at radius 3 is 2.41 bits per heavy atom. The molecule has 3 aromatic rings. The Morgan fingerprint density at radius 1 is 1.00 bits per heavy atom. The minimum Gasteiger partial charge on any atom is -0.457 e. The molecule has 34 heavy (non-hydrogen) atoms. The average Bonchev–Trinajstić information content (AvgIpc) is 3.19. The van der Waals surface area contributed by atoms with Crippen molar-refractivity contribution in [2.45, 2.75) is 39.3 Å². The zero-order valence-corrected chi connectivity index (χ0v) is 19.1. The SMILES string of the molecule is [2H]C([2H])(OC(=O)c1ccc(C)cc1C)c1ccc(CC(=O)N2C(=O)OC[C@H]2Cc2ccccc2)cc1. The van der Waals surface area contributed by atoms with Gasteiger partial charge >= 0.3 is 12.1 Å². The quantitative estimate of drug-likeness (QED) is 0.475. The minimum absolute atomic E-state index is 0.0496. The van der Waals surface area contributed by atoms with Crippen LogP contribution in [0.25, 0.3) is 0 Å². The predicted octanol–water partition coefficient (Wildman–Crippen LogP) is 4.79. The van der Waals surface area contributed by atoms with Crippen LogP contribution in [0.2, 0.25) is 0 Å². The standard InChI is InChI=1S/C28H27NO5/c1-19-8-13-25(20(2)14-19)27(31)33-17-23-11-9-22(10-12-23)16-26(30)29-24(18-34-28(29)32)15-21-6-4-3-5-7-21/h3-14,24H,15-18H2,1-2H3/t24-/m1/s1/i17D2. The monoisotopic (exact) mass is 459 g/mol. The smallest absolute Gasteiger partial charge is 0.416 e. The number of benzene rings is 3. The molecular weight excluding hydrogens is 430 g/mol. The van der Waals surface area contributed by atoms with E-state index >= 15 is 0 Å². The number of hydrogen-bond acceptors (Lipinski definition) is 5. The number of nitrogens with zero attached hydrogens (tertiary/aromatic N) is 1. The summed E-state index contributed by atoms with van der Waals surface area (Å²) in [6.07, 6.45) is -0.206. The van der Waals surface area contributed by atoms with Crippen LogP contribution in [-0.4, -0.2) is 35.5 Å². The summed E-state index contributed by atoms with van der Waals surface area (Å²) in [5.41, 5.74) is 3.73. The third-order valence-corrected chi connectivity index (χ3v) is 5.72. The van der Waals surface area contributed by atoms with Gasteiger partial charge in [-0.3, -0.25) is 4.79 Å². The molecule has 6 heteroatoms. The molecule has 0 unspecified atom stereocenters. The summed E-state index contributed by atoms with van der Waals surface area (Å²) in [4.78, 5) is 38.9. The molecule has 0 aliphatic carbocycles. The van der Waals surface area contributed by atoms with Crippen molar-refractivity contribution < 1.29 is 26.6 Å². The van der Waals surface area contributed by atoms with Gasteiger partial charge in [-0.05, 0) is 48.6 Å². The molecule has 174 valence electrons. The predicted molar refractivity (Wildman–Crippen MR) is 127 cm³/mol. The van der Waals surface area contributed by atoms with E-state index in [0.29, 0.717) is 23.1 Å². The second-order valence-electron chi connectivity index (χ2n) is 8.37. The molecule has 1 aliphatic rings. The first-order valence-electron chi connectivity index (χ1n) is 12.1. The normalized spacial score (nSPS) is 16.5. The molecule has 0 aromatic heterocycles. The van der Waals surface area contributed by atoms with Crippen LogP contribution >= 0.6 is 0 Å². The van der Waals surface area contributed by atoms with Crippen LogP contribution in [-0.2, 0) is 33.7 Å². The summed E-state index contributed by atoms with van der Waals surface area (Å²) in [5, 5.41) is 0. The molecule has 1 aliphatic heterocycles. The molecule has 4 rings (SSSR count). The maximum atomic E-state index is 12.9. The van der Waals surface area contributed by atoms with Gasteiger partial charge in [-0.25, -0.2) is 14.5 Å². The van der Waals surface area contributed by atoms with Crippen molar-refractivity contribution in [1.82, 2.24) is 4.90 Å². The Hall–Kier alpha value is -3.93. The fraction of sp³-hybridized carbons (Fsp3) is 0.250. The van der Waals surface area contributed by atoms with Gasteiger partial charge in [0, 0.05) is 0 Å². The second kappa shape index (κ2) is 10.3. The Kier molecular flexibility index (Phi) is 6.28. The average molecular weight is 460 g/mol. The molecule has 0 spiro atoms. The van der Waals surface area contributed by atoms with Crippen molar-refractivity contribution in [3.8, 4) is 0 Å². The maximum absolute atomic E-state index is 12.9. The molecule has 3 aromatic carbocycles. The first-order chi connectivity index (χ1) is 17.1. The summed E-state index contributed by atoms with van der Waals surface area (Å²) >= 11 is 0. The van der Waals surface area contributed by atoms with Gasteiger partial charge < -0.3 is 9.47 Å². The molecule has 0 saturated carbocycles. The summed E-state index contributed by atoms with van der Waals surface area (Å²) < 4.78 is 26.8. The lowest BCUT2D eigenvalue weighted by Gasteiger charge is -2.19. The number of imide groups is 1. The first-order valence-corrected chi connectivity index (χ1v) is 11.1. The number of cyclic esters (lactones) is 1. The van der Waals surface area contributed by atoms with Crippen LogP contribution < -0.4 is 0 Å². The largest absolute Gasteiger partial charge is 0.457 e. The van der Waals surface area contributed by atoms with Crippen LogP contribution in [0, 0.1) is 13.8 Å². The lowest BCUT2D eigenvalue weighted by atomic mass is 10.0.